The molecule has 3 amide bonds. The molecule has 3 fully saturated rings. The molecule has 74 heavy (non-hydrogen) atoms. The van der Waals surface area contributed by atoms with E-state index in [2.05, 4.69) is 99.2 Å². The Hall–Kier alpha value is -6.51. The summed E-state index contributed by atoms with van der Waals surface area (Å²) in [7, 11) is 0. The standard InChI is InChI=1S/C19H22N2O.C17H18BrN3O.C17H20N4OS.C2HF3O2/c1-14-4-2-5-16(12-14)19(22)21-18-9-7-15(8-10-18)17-6-3-11-20-13-17;18-16-8-5-14(11-20-16)17(22)21-15-6-3-12(4-7-15)13-2-1-9-19-10-13;1-23-16-11-19-15(10-20-16)17(22)21-14-6-4-12(5-7-14)13-3-2-8-18-9-13;3-2(4,5)1(6)7/h2,4-5,7-10,12,17,20H,3,6,11,13H2,1H3,(H,21,22);3-8,11,13,19H,1-2,9-10H2,(H,21,22);4-7,10-11,13,18H,2-3,8-9H2,1H3,(H,21,22);(H,6,7)/t17-;2*13-;/m111./s1. The molecule has 0 spiro atoms. The number of amides is 3. The lowest BCUT2D eigenvalue weighted by Gasteiger charge is -2.23. The fourth-order valence-electron chi connectivity index (χ4n) is 8.36. The monoisotopic (exact) mass is 1100 g/mol. The lowest BCUT2D eigenvalue weighted by atomic mass is 9.91. The van der Waals surface area contributed by atoms with Crippen molar-refractivity contribution in [2.24, 2.45) is 0 Å². The number of rotatable bonds is 10. The first-order chi connectivity index (χ1) is 35.6. The average molecular weight is 1100 g/mol. The number of carbonyl (C=O) groups is 4. The summed E-state index contributed by atoms with van der Waals surface area (Å²) in [5, 5.41) is 26.9. The second kappa shape index (κ2) is 28.8. The highest BCUT2D eigenvalue weighted by molar-refractivity contribution is 9.10. The van der Waals surface area contributed by atoms with Crippen molar-refractivity contribution in [3.05, 3.63) is 171 Å². The summed E-state index contributed by atoms with van der Waals surface area (Å²) in [5.41, 5.74) is 9.08. The van der Waals surface area contributed by atoms with Crippen LogP contribution in [0.1, 0.15) is 110 Å². The molecule has 0 unspecified atom stereocenters. The van der Waals surface area contributed by atoms with E-state index in [1.54, 1.807) is 24.5 Å². The number of carboxylic acids is 1. The number of aryl methyl sites for hydroxylation is 1. The van der Waals surface area contributed by atoms with Crippen LogP contribution in [0.4, 0.5) is 30.2 Å². The van der Waals surface area contributed by atoms with Gasteiger partial charge in [-0.2, -0.15) is 13.2 Å². The van der Waals surface area contributed by atoms with Gasteiger partial charge in [0.15, 0.2) is 0 Å². The number of carbonyl (C=O) groups excluding carboxylic acids is 3. The minimum atomic E-state index is -5.08. The maximum atomic E-state index is 12.2. The van der Waals surface area contributed by atoms with Gasteiger partial charge in [-0.3, -0.25) is 14.4 Å². The van der Waals surface area contributed by atoms with Crippen LogP contribution in [0, 0.1) is 6.92 Å². The number of benzene rings is 4. The van der Waals surface area contributed by atoms with Gasteiger partial charge in [-0.05, 0) is 182 Å². The molecular weight excluding hydrogens is 1040 g/mol. The lowest BCUT2D eigenvalue weighted by molar-refractivity contribution is -0.192. The largest absolute Gasteiger partial charge is 0.490 e. The molecule has 5 heterocycles. The van der Waals surface area contributed by atoms with Crippen LogP contribution in [0.15, 0.2) is 137 Å². The van der Waals surface area contributed by atoms with Crippen molar-refractivity contribution in [2.45, 2.75) is 74.4 Å². The van der Waals surface area contributed by atoms with Crippen molar-refractivity contribution in [3.63, 3.8) is 0 Å². The van der Waals surface area contributed by atoms with E-state index in [-0.39, 0.29) is 17.7 Å². The average Bonchev–Trinajstić information content (AvgIpc) is 3.42. The predicted molar refractivity (Wildman–Crippen MR) is 288 cm³/mol. The number of carboxylic acid groups (broad SMARTS) is 1. The van der Waals surface area contributed by atoms with E-state index in [9.17, 15) is 27.6 Å². The Morgan fingerprint density at radius 3 is 1.39 bits per heavy atom. The van der Waals surface area contributed by atoms with Gasteiger partial charge in [0, 0.05) is 48.5 Å². The predicted octanol–water partition coefficient (Wildman–Crippen LogP) is 10.8. The zero-order valence-electron chi connectivity index (χ0n) is 41.2. The maximum absolute atomic E-state index is 12.2. The van der Waals surface area contributed by atoms with Crippen molar-refractivity contribution in [3.8, 4) is 0 Å². The number of hydrogen-bond donors (Lipinski definition) is 7. The van der Waals surface area contributed by atoms with Gasteiger partial charge in [0.05, 0.1) is 18.0 Å². The zero-order chi connectivity index (χ0) is 52.9. The molecule has 4 aromatic carbocycles. The highest BCUT2D eigenvalue weighted by Crippen LogP contribution is 2.27. The van der Waals surface area contributed by atoms with E-state index in [1.165, 1.54) is 73.2 Å². The summed E-state index contributed by atoms with van der Waals surface area (Å²) in [4.78, 5) is 57.8. The molecule has 3 saturated heterocycles. The topological polar surface area (TPSA) is 199 Å². The number of halogens is 4. The number of alkyl halides is 3. The maximum Gasteiger partial charge on any atom is 0.490 e. The van der Waals surface area contributed by atoms with E-state index < -0.39 is 12.1 Å². The Kier molecular flexibility index (Phi) is 22.1. The summed E-state index contributed by atoms with van der Waals surface area (Å²) in [6, 6.07) is 35.6. The van der Waals surface area contributed by atoms with Gasteiger partial charge in [0.25, 0.3) is 17.7 Å². The molecule has 3 aliphatic heterocycles. The minimum absolute atomic E-state index is 0.0595. The highest BCUT2D eigenvalue weighted by atomic mass is 79.9. The van der Waals surface area contributed by atoms with Crippen LogP contribution in [-0.2, 0) is 4.79 Å². The Morgan fingerprint density at radius 2 is 1.04 bits per heavy atom. The summed E-state index contributed by atoms with van der Waals surface area (Å²) in [5.74, 6) is -1.46. The fraction of sp³-hybridized carbons (Fsp3) is 0.327. The number of aromatic nitrogens is 3. The van der Waals surface area contributed by atoms with Crippen molar-refractivity contribution >= 4 is 68.4 Å². The van der Waals surface area contributed by atoms with Gasteiger partial charge in [0.1, 0.15) is 15.3 Å². The van der Waals surface area contributed by atoms with Crippen molar-refractivity contribution < 1.29 is 37.5 Å². The third kappa shape index (κ3) is 18.5. The minimum Gasteiger partial charge on any atom is -0.475 e. The van der Waals surface area contributed by atoms with Crippen LogP contribution < -0.4 is 31.9 Å². The highest BCUT2D eigenvalue weighted by Gasteiger charge is 2.38. The van der Waals surface area contributed by atoms with Crippen molar-refractivity contribution in [1.29, 1.82) is 0 Å². The number of pyridine rings is 1. The molecule has 19 heteroatoms. The van der Waals surface area contributed by atoms with E-state index in [0.29, 0.717) is 34.6 Å². The van der Waals surface area contributed by atoms with E-state index in [4.69, 9.17) is 9.90 Å². The molecular formula is C55H61BrF3N9O5S. The van der Waals surface area contributed by atoms with Gasteiger partial charge < -0.3 is 37.0 Å². The molecule has 7 N–H and O–H groups in total. The first-order valence-electron chi connectivity index (χ1n) is 24.4. The molecule has 2 aromatic heterocycles. The molecule has 3 atom stereocenters. The lowest BCUT2D eigenvalue weighted by Crippen LogP contribution is -2.28. The van der Waals surface area contributed by atoms with Gasteiger partial charge >= 0.3 is 12.1 Å². The SMILES string of the molecule is CSc1cnc(C(=O)Nc2ccc([C@@H]3CCCNC3)cc2)cn1.Cc1cccc(C(=O)Nc2ccc([C@@H]3CCCNC3)cc2)c1.O=C(Nc1ccc([C@@H]2CCCNC2)cc1)c1ccc(Br)nc1.O=C(O)C(F)(F)F. The van der Waals surface area contributed by atoms with Crippen LogP contribution in [-0.4, -0.2) is 95.4 Å². The molecule has 0 aliphatic carbocycles. The third-order valence-corrected chi connectivity index (χ3v) is 13.5. The van der Waals surface area contributed by atoms with Gasteiger partial charge in [-0.15, -0.1) is 11.8 Å². The van der Waals surface area contributed by atoms with Crippen LogP contribution in [0.25, 0.3) is 0 Å². The number of piperidine rings is 3. The van der Waals surface area contributed by atoms with Crippen LogP contribution in [0.2, 0.25) is 0 Å². The Morgan fingerprint density at radius 1 is 0.595 bits per heavy atom. The van der Waals surface area contributed by atoms with Crippen LogP contribution >= 0.6 is 27.7 Å². The summed E-state index contributed by atoms with van der Waals surface area (Å²) < 4.78 is 32.5. The summed E-state index contributed by atoms with van der Waals surface area (Å²) >= 11 is 4.76. The normalized spacial score (nSPS) is 17.2. The summed E-state index contributed by atoms with van der Waals surface area (Å²) in [6.07, 6.45) is 8.86. The number of thioether (sulfide) groups is 1. The fourth-order valence-corrected chi connectivity index (χ4v) is 8.91. The quantitative estimate of drug-likeness (QED) is 0.0507. The van der Waals surface area contributed by atoms with Crippen LogP contribution in [0.5, 0.6) is 0 Å². The third-order valence-electron chi connectivity index (χ3n) is 12.4. The van der Waals surface area contributed by atoms with Gasteiger partial charge in [0.2, 0.25) is 0 Å². The van der Waals surface area contributed by atoms with Gasteiger partial charge in [-0.25, -0.2) is 19.7 Å². The first-order valence-corrected chi connectivity index (χ1v) is 26.4. The number of nitrogens with one attached hydrogen (secondary N) is 6. The van der Waals surface area contributed by atoms with E-state index >= 15 is 0 Å². The van der Waals surface area contributed by atoms with E-state index in [0.717, 1.165) is 71.5 Å². The summed E-state index contributed by atoms with van der Waals surface area (Å²) in [6.45, 7) is 8.46. The Balaban J connectivity index is 0.000000170. The molecule has 14 nitrogen and oxygen atoms in total. The smallest absolute Gasteiger partial charge is 0.475 e. The van der Waals surface area contributed by atoms with Gasteiger partial charge in [-0.1, -0.05) is 54.1 Å². The van der Waals surface area contributed by atoms with E-state index in [1.807, 2.05) is 73.8 Å². The van der Waals surface area contributed by atoms with Crippen molar-refractivity contribution in [2.75, 3.05) is 61.5 Å². The Bertz CT molecular complexity index is 2720. The Labute approximate surface area is 442 Å². The molecule has 9 rings (SSSR count). The number of hydrogen-bond acceptors (Lipinski definition) is 11. The molecule has 0 radical (unpaired) electrons. The molecule has 3 aliphatic rings. The molecule has 6 aromatic rings. The number of aliphatic carboxylic acids is 1. The van der Waals surface area contributed by atoms with Crippen LogP contribution in [0.3, 0.4) is 0 Å². The molecule has 0 bridgehead atoms. The zero-order valence-corrected chi connectivity index (χ0v) is 43.6. The second-order valence-electron chi connectivity index (χ2n) is 17.8. The first kappa shape index (κ1) is 56.8. The van der Waals surface area contributed by atoms with Crippen molar-refractivity contribution in [1.82, 2.24) is 30.9 Å². The number of anilines is 3. The molecule has 0 saturated carbocycles. The number of nitrogens with zero attached hydrogens (tertiary/aromatic N) is 3. The molecule has 390 valence electrons. The second-order valence-corrected chi connectivity index (χ2v) is 19.5.